The molecule has 6 heteroatoms. The van der Waals surface area contributed by atoms with Gasteiger partial charge in [-0.1, -0.05) is 90.1 Å². The fourth-order valence-electron chi connectivity index (χ4n) is 5.42. The first-order chi connectivity index (χ1) is 20.5. The molecule has 0 saturated carbocycles. The minimum atomic E-state index is -0.223. The molecule has 2 N–H and O–H groups in total. The van der Waals surface area contributed by atoms with E-state index in [0.717, 1.165) is 56.2 Å². The number of aromatic nitrogens is 4. The molecule has 6 nitrogen and oxygen atoms in total. The summed E-state index contributed by atoms with van der Waals surface area (Å²) in [7, 11) is 0. The van der Waals surface area contributed by atoms with Crippen LogP contribution in [0.2, 0.25) is 0 Å². The van der Waals surface area contributed by atoms with Crippen molar-refractivity contribution in [3.8, 4) is 34.1 Å². The molecule has 0 amide bonds. The number of phenols is 1. The Labute approximate surface area is 252 Å². The molecule has 6 aromatic rings. The summed E-state index contributed by atoms with van der Waals surface area (Å²) in [5.74, 6) is 1.05. The van der Waals surface area contributed by atoms with Crippen molar-refractivity contribution in [1.29, 1.82) is 0 Å². The summed E-state index contributed by atoms with van der Waals surface area (Å²) >= 11 is 0. The van der Waals surface area contributed by atoms with Gasteiger partial charge in [-0.05, 0) is 58.9 Å². The highest BCUT2D eigenvalue weighted by molar-refractivity contribution is 5.96. The first kappa shape index (κ1) is 28.2. The summed E-state index contributed by atoms with van der Waals surface area (Å²) in [5.41, 5.74) is 8.85. The van der Waals surface area contributed by atoms with Crippen molar-refractivity contribution >= 4 is 22.9 Å². The number of aromatic hydroxyl groups is 1. The third-order valence-electron chi connectivity index (χ3n) is 7.79. The van der Waals surface area contributed by atoms with Crippen LogP contribution in [-0.4, -0.2) is 31.1 Å². The van der Waals surface area contributed by atoms with Crippen LogP contribution < -0.4 is 0 Å². The number of para-hydroxylation sites is 3. The second-order valence-corrected chi connectivity index (χ2v) is 13.0. The molecule has 0 spiro atoms. The number of hydrogen-bond acceptors (Lipinski definition) is 4. The van der Waals surface area contributed by atoms with E-state index in [1.165, 1.54) is 0 Å². The third-order valence-corrected chi connectivity index (χ3v) is 7.79. The maximum absolute atomic E-state index is 11.4. The molecule has 0 unspecified atom stereocenters. The minimum Gasteiger partial charge on any atom is -0.507 e. The number of aliphatic imine (C=N–C) groups is 1. The number of aromatic amines is 1. The van der Waals surface area contributed by atoms with Gasteiger partial charge in [0.1, 0.15) is 11.6 Å². The number of fused-ring (bicyclic) bond motifs is 1. The number of nitrogens with one attached hydrogen (secondary N) is 1. The predicted molar refractivity (Wildman–Crippen MR) is 177 cm³/mol. The Kier molecular flexibility index (Phi) is 7.01. The molecule has 2 aromatic heterocycles. The Balaban J connectivity index is 1.55. The van der Waals surface area contributed by atoms with Gasteiger partial charge in [-0.2, -0.15) is 5.10 Å². The summed E-state index contributed by atoms with van der Waals surface area (Å²) in [6.07, 6.45) is 3.53. The smallest absolute Gasteiger partial charge is 0.147 e. The van der Waals surface area contributed by atoms with Crippen molar-refractivity contribution in [2.24, 2.45) is 4.99 Å². The molecule has 0 fully saturated rings. The number of benzene rings is 4. The zero-order valence-corrected chi connectivity index (χ0v) is 25.6. The van der Waals surface area contributed by atoms with Gasteiger partial charge in [0.25, 0.3) is 0 Å². The van der Waals surface area contributed by atoms with Crippen LogP contribution in [-0.2, 0) is 10.8 Å². The van der Waals surface area contributed by atoms with Crippen molar-refractivity contribution in [3.63, 3.8) is 0 Å². The Hall–Kier alpha value is -4.97. The van der Waals surface area contributed by atoms with E-state index in [1.54, 1.807) is 12.4 Å². The quantitative estimate of drug-likeness (QED) is 0.204. The number of hydrogen-bond donors (Lipinski definition) is 2. The first-order valence-corrected chi connectivity index (χ1v) is 14.6. The number of nitrogens with zero attached hydrogens (tertiary/aromatic N) is 4. The van der Waals surface area contributed by atoms with Gasteiger partial charge in [0, 0.05) is 40.4 Å². The maximum atomic E-state index is 11.4. The molecule has 4 aromatic carbocycles. The van der Waals surface area contributed by atoms with Gasteiger partial charge in [-0.3, -0.25) is 14.7 Å². The molecule has 0 saturated heterocycles. The van der Waals surface area contributed by atoms with E-state index in [4.69, 9.17) is 9.98 Å². The molecule has 0 aliphatic rings. The van der Waals surface area contributed by atoms with Crippen molar-refractivity contribution in [3.05, 3.63) is 114 Å². The second kappa shape index (κ2) is 10.7. The summed E-state index contributed by atoms with van der Waals surface area (Å²) in [4.78, 5) is 10.2. The van der Waals surface area contributed by atoms with Gasteiger partial charge in [0.2, 0.25) is 0 Å². The fourth-order valence-corrected chi connectivity index (χ4v) is 5.42. The Morgan fingerprint density at radius 2 is 1.51 bits per heavy atom. The average Bonchev–Trinajstić information content (AvgIpc) is 3.64. The van der Waals surface area contributed by atoms with Crippen LogP contribution in [0.5, 0.6) is 5.75 Å². The monoisotopic (exact) mass is 567 g/mol. The maximum Gasteiger partial charge on any atom is 0.147 e. The third kappa shape index (κ3) is 5.37. The lowest BCUT2D eigenvalue weighted by Gasteiger charge is -2.27. The van der Waals surface area contributed by atoms with Crippen molar-refractivity contribution in [2.75, 3.05) is 0 Å². The van der Waals surface area contributed by atoms with Crippen LogP contribution in [0.3, 0.4) is 0 Å². The van der Waals surface area contributed by atoms with Crippen LogP contribution in [0.25, 0.3) is 39.4 Å². The Morgan fingerprint density at radius 1 is 0.791 bits per heavy atom. The number of H-pyrrole nitrogens is 1. The number of imidazole rings is 1. The van der Waals surface area contributed by atoms with Gasteiger partial charge < -0.3 is 5.11 Å². The van der Waals surface area contributed by atoms with E-state index in [9.17, 15) is 5.11 Å². The van der Waals surface area contributed by atoms with Crippen LogP contribution in [0.4, 0.5) is 5.69 Å². The fraction of sp³-hybridized carbons (Fsp3) is 0.216. The highest BCUT2D eigenvalue weighted by Gasteiger charge is 2.25. The first-order valence-electron chi connectivity index (χ1n) is 14.6. The zero-order chi connectivity index (χ0) is 30.4. The molecule has 6 rings (SSSR count). The Morgan fingerprint density at radius 3 is 2.21 bits per heavy atom. The van der Waals surface area contributed by atoms with E-state index in [2.05, 4.69) is 92.7 Å². The largest absolute Gasteiger partial charge is 0.507 e. The molecular formula is C37H37N5O. The minimum absolute atomic E-state index is 0.0822. The van der Waals surface area contributed by atoms with E-state index < -0.39 is 0 Å². The van der Waals surface area contributed by atoms with E-state index in [1.807, 2.05) is 54.6 Å². The number of rotatable bonds is 5. The lowest BCUT2D eigenvalue weighted by molar-refractivity contribution is 0.444. The van der Waals surface area contributed by atoms with Crippen LogP contribution in [0, 0.1) is 0 Å². The van der Waals surface area contributed by atoms with E-state index >= 15 is 0 Å². The van der Waals surface area contributed by atoms with Gasteiger partial charge in [0.15, 0.2) is 0 Å². The summed E-state index contributed by atoms with van der Waals surface area (Å²) in [6.45, 7) is 12.9. The average molecular weight is 568 g/mol. The van der Waals surface area contributed by atoms with Crippen LogP contribution >= 0.6 is 0 Å². The molecule has 0 aliphatic carbocycles. The standard InChI is InChI=1S/C37H37N5O/c1-36(2,3)25-21-24(34(43)29(22-25)37(4,5)6)23-38-30-17-11-10-15-28(30)35-40-33-27(31-19-20-39-41-31)16-12-18-32(33)42(35)26-13-8-7-9-14-26/h7-23,43H,1-6H3,(H,39,41). The van der Waals surface area contributed by atoms with Crippen LogP contribution in [0.15, 0.2) is 102 Å². The van der Waals surface area contributed by atoms with E-state index in [0.29, 0.717) is 5.56 Å². The van der Waals surface area contributed by atoms with E-state index in [-0.39, 0.29) is 16.6 Å². The van der Waals surface area contributed by atoms with Gasteiger partial charge in [0.05, 0.1) is 22.4 Å². The SMILES string of the molecule is CC(C)(C)c1cc(C=Nc2ccccc2-c2nc3c(-c4ccn[nH]4)cccc3n2-c2ccccc2)c(O)c(C(C)(C)C)c1. The molecule has 43 heavy (non-hydrogen) atoms. The molecule has 0 atom stereocenters. The normalized spacial score (nSPS) is 12.4. The summed E-state index contributed by atoms with van der Waals surface area (Å²) in [6, 6.07) is 30.6. The lowest BCUT2D eigenvalue weighted by Crippen LogP contribution is -2.17. The second-order valence-electron chi connectivity index (χ2n) is 13.0. The van der Waals surface area contributed by atoms with Crippen molar-refractivity contribution in [2.45, 2.75) is 52.4 Å². The molecule has 0 aliphatic heterocycles. The van der Waals surface area contributed by atoms with Crippen molar-refractivity contribution in [1.82, 2.24) is 19.7 Å². The highest BCUT2D eigenvalue weighted by atomic mass is 16.3. The van der Waals surface area contributed by atoms with Gasteiger partial charge in [-0.15, -0.1) is 0 Å². The molecular weight excluding hydrogens is 530 g/mol. The lowest BCUT2D eigenvalue weighted by atomic mass is 9.79. The molecule has 2 heterocycles. The molecule has 216 valence electrons. The number of phenolic OH excluding ortho intramolecular Hbond substituents is 1. The van der Waals surface area contributed by atoms with Crippen molar-refractivity contribution < 1.29 is 5.11 Å². The van der Waals surface area contributed by atoms with Crippen LogP contribution in [0.1, 0.15) is 58.2 Å². The molecule has 0 radical (unpaired) electrons. The Bertz CT molecular complexity index is 1940. The highest BCUT2D eigenvalue weighted by Crippen LogP contribution is 2.39. The molecule has 0 bridgehead atoms. The summed E-state index contributed by atoms with van der Waals surface area (Å²) < 4.78 is 2.18. The zero-order valence-electron chi connectivity index (χ0n) is 25.6. The van der Waals surface area contributed by atoms with Gasteiger partial charge >= 0.3 is 0 Å². The topological polar surface area (TPSA) is 79.1 Å². The predicted octanol–water partition coefficient (Wildman–Crippen LogP) is 9.13. The van der Waals surface area contributed by atoms with Gasteiger partial charge in [-0.25, -0.2) is 4.98 Å². The summed E-state index contributed by atoms with van der Waals surface area (Å²) in [5, 5.41) is 18.6.